The molecule has 92 valence electrons. The highest BCUT2D eigenvalue weighted by atomic mass is 16.4. The van der Waals surface area contributed by atoms with Crippen LogP contribution in [0.1, 0.15) is 17.2 Å². The molecule has 3 heteroatoms. The third kappa shape index (κ3) is 2.57. The van der Waals surface area contributed by atoms with E-state index < -0.39 is 12.1 Å². The number of aliphatic hydroxyl groups is 1. The van der Waals surface area contributed by atoms with Crippen LogP contribution in [-0.4, -0.2) is 16.2 Å². The molecule has 0 aromatic heterocycles. The number of aliphatic hydroxyl groups excluding tert-OH is 1. The van der Waals surface area contributed by atoms with Gasteiger partial charge in [0.05, 0.1) is 0 Å². The normalized spacial score (nSPS) is 12.1. The van der Waals surface area contributed by atoms with E-state index >= 15 is 0 Å². The Kier molecular flexibility index (Phi) is 3.44. The second-order valence-corrected chi connectivity index (χ2v) is 4.23. The van der Waals surface area contributed by atoms with Gasteiger partial charge in [0, 0.05) is 0 Å². The zero-order valence-corrected chi connectivity index (χ0v) is 10.00. The van der Waals surface area contributed by atoms with Gasteiger partial charge < -0.3 is 10.2 Å². The van der Waals surface area contributed by atoms with Crippen molar-refractivity contribution in [3.8, 4) is 11.1 Å². The number of carboxylic acid groups (broad SMARTS) is 1. The molecule has 0 aliphatic carbocycles. The van der Waals surface area contributed by atoms with Crippen molar-refractivity contribution in [2.24, 2.45) is 0 Å². The fourth-order valence-corrected chi connectivity index (χ4v) is 1.83. The van der Waals surface area contributed by atoms with E-state index in [9.17, 15) is 9.90 Å². The smallest absolute Gasteiger partial charge is 0.337 e. The lowest BCUT2D eigenvalue weighted by molar-refractivity contribution is -0.146. The molecule has 0 saturated carbocycles. The topological polar surface area (TPSA) is 57.5 Å². The standard InChI is InChI=1S/C15H14O3/c1-10-3-2-4-13(9-10)11-5-7-12(8-6-11)14(16)15(17)18/h2-9,14,16H,1H3,(H,17,18)/t14-/m1/s1. The van der Waals surface area contributed by atoms with E-state index in [2.05, 4.69) is 6.07 Å². The highest BCUT2D eigenvalue weighted by Gasteiger charge is 2.15. The molecular weight excluding hydrogens is 228 g/mol. The van der Waals surface area contributed by atoms with Gasteiger partial charge in [0.25, 0.3) is 0 Å². The van der Waals surface area contributed by atoms with Crippen molar-refractivity contribution in [2.75, 3.05) is 0 Å². The zero-order valence-electron chi connectivity index (χ0n) is 10.00. The highest BCUT2D eigenvalue weighted by molar-refractivity contribution is 5.74. The maximum absolute atomic E-state index is 10.6. The molecule has 2 N–H and O–H groups in total. The first-order valence-electron chi connectivity index (χ1n) is 5.66. The Balaban J connectivity index is 2.30. The number of rotatable bonds is 3. The second kappa shape index (κ2) is 5.02. The van der Waals surface area contributed by atoms with Crippen LogP contribution in [0.5, 0.6) is 0 Å². The van der Waals surface area contributed by atoms with Gasteiger partial charge in [0.2, 0.25) is 0 Å². The van der Waals surface area contributed by atoms with Crippen molar-refractivity contribution in [2.45, 2.75) is 13.0 Å². The van der Waals surface area contributed by atoms with Crippen LogP contribution in [0.3, 0.4) is 0 Å². The number of hydrogen-bond acceptors (Lipinski definition) is 2. The molecule has 0 aliphatic heterocycles. The Morgan fingerprint density at radius 1 is 1.06 bits per heavy atom. The molecule has 3 nitrogen and oxygen atoms in total. The molecule has 1 atom stereocenters. The molecule has 0 saturated heterocycles. The second-order valence-electron chi connectivity index (χ2n) is 4.23. The maximum atomic E-state index is 10.6. The van der Waals surface area contributed by atoms with Crippen LogP contribution >= 0.6 is 0 Å². The quantitative estimate of drug-likeness (QED) is 0.870. The molecule has 0 unspecified atom stereocenters. The van der Waals surface area contributed by atoms with Gasteiger partial charge in [-0.25, -0.2) is 4.79 Å². The predicted molar refractivity (Wildman–Crippen MR) is 69.2 cm³/mol. The van der Waals surface area contributed by atoms with Crippen molar-refractivity contribution >= 4 is 5.97 Å². The van der Waals surface area contributed by atoms with Crippen molar-refractivity contribution in [3.63, 3.8) is 0 Å². The van der Waals surface area contributed by atoms with Gasteiger partial charge in [-0.05, 0) is 23.6 Å². The minimum Gasteiger partial charge on any atom is -0.479 e. The molecule has 0 heterocycles. The summed E-state index contributed by atoms with van der Waals surface area (Å²) >= 11 is 0. The summed E-state index contributed by atoms with van der Waals surface area (Å²) in [6, 6.07) is 15.0. The number of carboxylic acids is 1. The van der Waals surface area contributed by atoms with Crippen molar-refractivity contribution in [3.05, 3.63) is 59.7 Å². The summed E-state index contributed by atoms with van der Waals surface area (Å²) in [6.07, 6.45) is -1.46. The van der Waals surface area contributed by atoms with Crippen molar-refractivity contribution < 1.29 is 15.0 Å². The van der Waals surface area contributed by atoms with Gasteiger partial charge in [0.15, 0.2) is 6.10 Å². The molecule has 0 radical (unpaired) electrons. The zero-order chi connectivity index (χ0) is 13.1. The van der Waals surface area contributed by atoms with E-state index in [-0.39, 0.29) is 0 Å². The summed E-state index contributed by atoms with van der Waals surface area (Å²) in [6.45, 7) is 2.02. The third-order valence-electron chi connectivity index (χ3n) is 2.81. The van der Waals surface area contributed by atoms with Crippen LogP contribution in [0.25, 0.3) is 11.1 Å². The van der Waals surface area contributed by atoms with Crippen LogP contribution in [0.15, 0.2) is 48.5 Å². The lowest BCUT2D eigenvalue weighted by Crippen LogP contribution is -2.10. The molecule has 2 rings (SSSR count). The summed E-state index contributed by atoms with van der Waals surface area (Å²) in [7, 11) is 0. The molecule has 2 aromatic rings. The lowest BCUT2D eigenvalue weighted by Gasteiger charge is -2.07. The van der Waals surface area contributed by atoms with E-state index in [1.165, 1.54) is 5.56 Å². The van der Waals surface area contributed by atoms with E-state index in [0.717, 1.165) is 11.1 Å². The average Bonchev–Trinajstić information content (AvgIpc) is 2.38. The monoisotopic (exact) mass is 242 g/mol. The molecule has 0 spiro atoms. The van der Waals surface area contributed by atoms with Crippen molar-refractivity contribution in [1.82, 2.24) is 0 Å². The van der Waals surface area contributed by atoms with E-state index in [1.807, 2.05) is 37.3 Å². The first-order valence-corrected chi connectivity index (χ1v) is 5.66. The molecule has 0 fully saturated rings. The van der Waals surface area contributed by atoms with Crippen LogP contribution < -0.4 is 0 Å². The number of carbonyl (C=O) groups is 1. The Morgan fingerprint density at radius 3 is 2.28 bits per heavy atom. The first kappa shape index (κ1) is 12.3. The number of aryl methyl sites for hydroxylation is 1. The van der Waals surface area contributed by atoms with E-state index in [4.69, 9.17) is 5.11 Å². The van der Waals surface area contributed by atoms with Gasteiger partial charge in [-0.2, -0.15) is 0 Å². The van der Waals surface area contributed by atoms with Crippen LogP contribution in [0, 0.1) is 6.92 Å². The molecule has 0 amide bonds. The average molecular weight is 242 g/mol. The number of hydrogen-bond donors (Lipinski definition) is 2. The summed E-state index contributed by atoms with van der Waals surface area (Å²) in [5.74, 6) is -1.24. The minimum absolute atomic E-state index is 0.388. The van der Waals surface area contributed by atoms with Gasteiger partial charge >= 0.3 is 5.97 Å². The van der Waals surface area contributed by atoms with Gasteiger partial charge in [0.1, 0.15) is 0 Å². The Bertz CT molecular complexity index is 558. The fourth-order valence-electron chi connectivity index (χ4n) is 1.83. The van der Waals surface area contributed by atoms with Gasteiger partial charge in [-0.1, -0.05) is 54.1 Å². The SMILES string of the molecule is Cc1cccc(-c2ccc([C@@H](O)C(=O)O)cc2)c1. The Labute approximate surface area is 105 Å². The number of aliphatic carboxylic acids is 1. The van der Waals surface area contributed by atoms with Crippen LogP contribution in [0.4, 0.5) is 0 Å². The molecule has 0 aliphatic rings. The largest absolute Gasteiger partial charge is 0.479 e. The van der Waals surface area contributed by atoms with Gasteiger partial charge in [-0.3, -0.25) is 0 Å². The van der Waals surface area contributed by atoms with Gasteiger partial charge in [-0.15, -0.1) is 0 Å². The Hall–Kier alpha value is -2.13. The summed E-state index contributed by atoms with van der Waals surface area (Å²) < 4.78 is 0. The highest BCUT2D eigenvalue weighted by Crippen LogP contribution is 2.22. The summed E-state index contributed by atoms with van der Waals surface area (Å²) in [4.78, 5) is 10.6. The summed E-state index contributed by atoms with van der Waals surface area (Å²) in [5.41, 5.74) is 3.63. The minimum atomic E-state index is -1.46. The number of benzene rings is 2. The van der Waals surface area contributed by atoms with Crippen LogP contribution in [0.2, 0.25) is 0 Å². The van der Waals surface area contributed by atoms with E-state index in [0.29, 0.717) is 5.56 Å². The van der Waals surface area contributed by atoms with E-state index in [1.54, 1.807) is 12.1 Å². The third-order valence-corrected chi connectivity index (χ3v) is 2.81. The molecule has 0 bridgehead atoms. The molecule has 2 aromatic carbocycles. The molecule has 18 heavy (non-hydrogen) atoms. The van der Waals surface area contributed by atoms with Crippen LogP contribution in [-0.2, 0) is 4.79 Å². The van der Waals surface area contributed by atoms with Crippen molar-refractivity contribution in [1.29, 1.82) is 0 Å². The molecular formula is C15H14O3. The first-order chi connectivity index (χ1) is 8.58. The fraction of sp³-hybridized carbons (Fsp3) is 0.133. The lowest BCUT2D eigenvalue weighted by atomic mass is 10.0. The Morgan fingerprint density at radius 2 is 1.72 bits per heavy atom. The predicted octanol–water partition coefficient (Wildman–Crippen LogP) is 2.78. The maximum Gasteiger partial charge on any atom is 0.337 e. The summed E-state index contributed by atoms with van der Waals surface area (Å²) in [5, 5.41) is 18.1.